The summed E-state index contributed by atoms with van der Waals surface area (Å²) in [6.45, 7) is 5.81. The van der Waals surface area contributed by atoms with Gasteiger partial charge in [0.2, 0.25) is 0 Å². The summed E-state index contributed by atoms with van der Waals surface area (Å²) in [5.41, 5.74) is 1.97. The monoisotopic (exact) mass is 434 g/mol. The number of methoxy groups -OCH3 is 1. The maximum atomic E-state index is 13.6. The number of rotatable bonds is 7. The highest BCUT2D eigenvalue weighted by atomic mass is 16.5. The quantitative estimate of drug-likeness (QED) is 0.617. The minimum atomic E-state index is -0.330. The summed E-state index contributed by atoms with van der Waals surface area (Å²) in [4.78, 5) is 22.6. The molecule has 1 unspecified atom stereocenters. The molecule has 1 fully saturated rings. The lowest BCUT2D eigenvalue weighted by molar-refractivity contribution is 0.183. The summed E-state index contributed by atoms with van der Waals surface area (Å²) in [5, 5.41) is 10.9. The minimum Gasteiger partial charge on any atom is -0.507 e. The Hall–Kier alpha value is -3.16. The molecule has 1 aliphatic heterocycles. The molecule has 1 aliphatic rings. The number of ether oxygens (including phenoxy) is 1. The second-order valence-electron chi connectivity index (χ2n) is 8.06. The lowest BCUT2D eigenvalue weighted by Gasteiger charge is -2.40. The number of hydrogen-bond donors (Lipinski definition) is 1. The van der Waals surface area contributed by atoms with Gasteiger partial charge in [-0.1, -0.05) is 36.4 Å². The van der Waals surface area contributed by atoms with Crippen LogP contribution in [0.25, 0.3) is 0 Å². The Bertz CT molecular complexity index is 1080. The van der Waals surface area contributed by atoms with Crippen LogP contribution < -0.4 is 10.5 Å². The highest BCUT2D eigenvalue weighted by molar-refractivity contribution is 5.42. The molecular weight excluding hydrogens is 404 g/mol. The number of nitrogens with zero attached hydrogens (tertiary/aromatic N) is 4. The molecule has 7 heteroatoms. The van der Waals surface area contributed by atoms with Crippen LogP contribution in [0.15, 0.2) is 65.6 Å². The van der Waals surface area contributed by atoms with E-state index in [9.17, 15) is 9.90 Å². The van der Waals surface area contributed by atoms with Gasteiger partial charge in [-0.3, -0.25) is 9.69 Å². The van der Waals surface area contributed by atoms with Gasteiger partial charge in [0.25, 0.3) is 5.56 Å². The fraction of sp³-hybridized carbons (Fsp3) is 0.360. The van der Waals surface area contributed by atoms with Crippen LogP contribution in [-0.4, -0.2) is 59.5 Å². The lowest BCUT2D eigenvalue weighted by Crippen LogP contribution is -2.49. The Morgan fingerprint density at radius 3 is 2.44 bits per heavy atom. The third kappa shape index (κ3) is 4.54. The fourth-order valence-electron chi connectivity index (χ4n) is 4.43. The van der Waals surface area contributed by atoms with E-state index in [0.717, 1.165) is 43.3 Å². The van der Waals surface area contributed by atoms with E-state index in [1.54, 1.807) is 23.9 Å². The predicted molar refractivity (Wildman–Crippen MR) is 125 cm³/mol. The average Bonchev–Trinajstić information content (AvgIpc) is 2.83. The molecule has 32 heavy (non-hydrogen) atoms. The summed E-state index contributed by atoms with van der Waals surface area (Å²) in [7, 11) is 1.62. The standard InChI is InChI=1S/C25H30N4O3/c1-19-18-21(30)23(25(31)29(19)16-17-32-2)24(20-8-4-3-5-9-20)28-14-12-27(13-15-28)22-10-6-7-11-26-22/h3-11,18,24,30H,12-17H2,1-2H3. The minimum absolute atomic E-state index is 0.0437. The van der Waals surface area contributed by atoms with Gasteiger partial charge in [0.15, 0.2) is 0 Å². The van der Waals surface area contributed by atoms with E-state index >= 15 is 0 Å². The van der Waals surface area contributed by atoms with Crippen molar-refractivity contribution in [2.24, 2.45) is 0 Å². The van der Waals surface area contributed by atoms with Crippen LogP contribution in [0.2, 0.25) is 0 Å². The van der Waals surface area contributed by atoms with Gasteiger partial charge in [0, 0.05) is 51.7 Å². The van der Waals surface area contributed by atoms with E-state index in [1.807, 2.05) is 55.5 Å². The molecule has 0 radical (unpaired) electrons. The highest BCUT2D eigenvalue weighted by Gasteiger charge is 2.31. The van der Waals surface area contributed by atoms with Gasteiger partial charge in [-0.05, 0) is 30.7 Å². The zero-order valence-electron chi connectivity index (χ0n) is 18.6. The smallest absolute Gasteiger partial charge is 0.259 e. The third-order valence-corrected chi connectivity index (χ3v) is 6.08. The van der Waals surface area contributed by atoms with Crippen molar-refractivity contribution < 1.29 is 9.84 Å². The molecule has 4 rings (SSSR count). The normalized spacial score (nSPS) is 15.6. The van der Waals surface area contributed by atoms with Gasteiger partial charge in [0.05, 0.1) is 18.2 Å². The number of hydrogen-bond acceptors (Lipinski definition) is 6. The van der Waals surface area contributed by atoms with E-state index in [1.165, 1.54) is 0 Å². The van der Waals surface area contributed by atoms with E-state index in [2.05, 4.69) is 14.8 Å². The van der Waals surface area contributed by atoms with Crippen molar-refractivity contribution in [2.45, 2.75) is 19.5 Å². The number of anilines is 1. The maximum absolute atomic E-state index is 13.6. The van der Waals surface area contributed by atoms with Crippen molar-refractivity contribution in [1.29, 1.82) is 0 Å². The molecule has 0 aliphatic carbocycles. The van der Waals surface area contributed by atoms with Gasteiger partial charge in [-0.15, -0.1) is 0 Å². The molecule has 0 bridgehead atoms. The van der Waals surface area contributed by atoms with E-state index in [4.69, 9.17) is 4.74 Å². The van der Waals surface area contributed by atoms with E-state index in [-0.39, 0.29) is 17.4 Å². The van der Waals surface area contributed by atoms with Crippen molar-refractivity contribution in [3.05, 3.63) is 88.0 Å². The Morgan fingerprint density at radius 2 is 1.78 bits per heavy atom. The van der Waals surface area contributed by atoms with Crippen LogP contribution in [0.3, 0.4) is 0 Å². The van der Waals surface area contributed by atoms with Crippen LogP contribution in [0.1, 0.15) is 22.9 Å². The average molecular weight is 435 g/mol. The second-order valence-corrected chi connectivity index (χ2v) is 8.06. The van der Waals surface area contributed by atoms with Gasteiger partial charge in [-0.25, -0.2) is 4.98 Å². The van der Waals surface area contributed by atoms with Crippen LogP contribution in [0.5, 0.6) is 5.75 Å². The first-order chi connectivity index (χ1) is 15.6. The molecule has 3 aromatic rings. The molecule has 3 heterocycles. The molecule has 1 atom stereocenters. The van der Waals surface area contributed by atoms with Gasteiger partial charge < -0.3 is 19.3 Å². The molecule has 0 amide bonds. The molecule has 1 saturated heterocycles. The SMILES string of the molecule is COCCn1c(C)cc(O)c(C(c2ccccc2)N2CCN(c3ccccn3)CC2)c1=O. The van der Waals surface area contributed by atoms with Gasteiger partial charge in [-0.2, -0.15) is 0 Å². The molecule has 1 N–H and O–H groups in total. The molecule has 7 nitrogen and oxygen atoms in total. The highest BCUT2D eigenvalue weighted by Crippen LogP contribution is 2.33. The van der Waals surface area contributed by atoms with Gasteiger partial charge >= 0.3 is 0 Å². The van der Waals surface area contributed by atoms with Crippen molar-refractivity contribution in [3.8, 4) is 5.75 Å². The Kier molecular flexibility index (Phi) is 6.87. The molecule has 0 spiro atoms. The number of aryl methyl sites for hydroxylation is 1. The Labute approximate surface area is 188 Å². The maximum Gasteiger partial charge on any atom is 0.259 e. The first-order valence-electron chi connectivity index (χ1n) is 11.0. The summed E-state index contributed by atoms with van der Waals surface area (Å²) < 4.78 is 6.89. The van der Waals surface area contributed by atoms with Crippen molar-refractivity contribution in [2.75, 3.05) is 44.8 Å². The van der Waals surface area contributed by atoms with Crippen molar-refractivity contribution >= 4 is 5.82 Å². The number of aromatic nitrogens is 2. The molecule has 168 valence electrons. The number of piperazine rings is 1. The summed E-state index contributed by atoms with van der Waals surface area (Å²) >= 11 is 0. The number of aromatic hydroxyl groups is 1. The lowest BCUT2D eigenvalue weighted by atomic mass is 9.96. The first kappa shape index (κ1) is 22.0. The summed E-state index contributed by atoms with van der Waals surface area (Å²) in [5.74, 6) is 1.01. The zero-order chi connectivity index (χ0) is 22.5. The predicted octanol–water partition coefficient (Wildman–Crippen LogP) is 2.82. The molecule has 0 saturated carbocycles. The molecular formula is C25H30N4O3. The third-order valence-electron chi connectivity index (χ3n) is 6.08. The number of benzene rings is 1. The second kappa shape index (κ2) is 9.97. The van der Waals surface area contributed by atoms with Gasteiger partial charge in [0.1, 0.15) is 11.6 Å². The Morgan fingerprint density at radius 1 is 1.06 bits per heavy atom. The Balaban J connectivity index is 1.70. The number of pyridine rings is 2. The topological polar surface area (TPSA) is 70.8 Å². The van der Waals surface area contributed by atoms with Crippen LogP contribution >= 0.6 is 0 Å². The molecule has 1 aromatic carbocycles. The van der Waals surface area contributed by atoms with Crippen LogP contribution in [0.4, 0.5) is 5.82 Å². The first-order valence-corrected chi connectivity index (χ1v) is 11.0. The summed E-state index contributed by atoms with van der Waals surface area (Å²) in [6, 6.07) is 17.2. The molecule has 2 aromatic heterocycles. The van der Waals surface area contributed by atoms with Crippen LogP contribution in [0, 0.1) is 6.92 Å². The van der Waals surface area contributed by atoms with E-state index in [0.29, 0.717) is 18.7 Å². The largest absolute Gasteiger partial charge is 0.507 e. The van der Waals surface area contributed by atoms with E-state index < -0.39 is 0 Å². The van der Waals surface area contributed by atoms with Crippen molar-refractivity contribution in [3.63, 3.8) is 0 Å². The van der Waals surface area contributed by atoms with Crippen molar-refractivity contribution in [1.82, 2.24) is 14.5 Å². The van der Waals surface area contributed by atoms with Crippen LogP contribution in [-0.2, 0) is 11.3 Å². The summed E-state index contributed by atoms with van der Waals surface area (Å²) in [6.07, 6.45) is 1.81. The zero-order valence-corrected chi connectivity index (χ0v) is 18.6. The fourth-order valence-corrected chi connectivity index (χ4v) is 4.43.